The van der Waals surface area contributed by atoms with Crippen molar-refractivity contribution in [3.63, 3.8) is 0 Å². The third-order valence-corrected chi connectivity index (χ3v) is 5.58. The van der Waals surface area contributed by atoms with Crippen LogP contribution in [0.3, 0.4) is 0 Å². The molecule has 1 aliphatic heterocycles. The fraction of sp³-hybridized carbons (Fsp3) is 0.200. The van der Waals surface area contributed by atoms with Gasteiger partial charge in [0, 0.05) is 24.2 Å². The summed E-state index contributed by atoms with van der Waals surface area (Å²) in [5.41, 5.74) is 2.35. The van der Waals surface area contributed by atoms with E-state index in [1.165, 1.54) is 10.4 Å². The molecule has 0 saturated heterocycles. The zero-order chi connectivity index (χ0) is 17.9. The van der Waals surface area contributed by atoms with Gasteiger partial charge in [-0.25, -0.2) is 4.79 Å². The number of thiophene rings is 1. The van der Waals surface area contributed by atoms with Crippen LogP contribution in [-0.4, -0.2) is 22.0 Å². The lowest BCUT2D eigenvalue weighted by Gasteiger charge is -2.27. The molecule has 2 aromatic heterocycles. The summed E-state index contributed by atoms with van der Waals surface area (Å²) in [5.74, 6) is 0. The van der Waals surface area contributed by atoms with Crippen molar-refractivity contribution in [3.05, 3.63) is 86.5 Å². The predicted molar refractivity (Wildman–Crippen MR) is 104 cm³/mol. The van der Waals surface area contributed by atoms with Crippen LogP contribution in [-0.2, 0) is 19.5 Å². The summed E-state index contributed by atoms with van der Waals surface area (Å²) < 4.78 is 1.61. The third kappa shape index (κ3) is 3.41. The molecule has 1 aromatic carbocycles. The van der Waals surface area contributed by atoms with E-state index in [1.54, 1.807) is 39.1 Å². The molecule has 1 aliphatic rings. The molecule has 3 heterocycles. The molecule has 0 bridgehead atoms. The van der Waals surface area contributed by atoms with Crippen LogP contribution in [0, 0.1) is 0 Å². The molecule has 0 unspecified atom stereocenters. The SMILES string of the molecule is O=C(Nc1cccn(Cc2ccccc2)c1=O)N1CCc2sccc2C1. The number of urea groups is 1. The quantitative estimate of drug-likeness (QED) is 0.772. The lowest BCUT2D eigenvalue weighted by Crippen LogP contribution is -2.39. The average molecular weight is 365 g/mol. The van der Waals surface area contributed by atoms with Gasteiger partial charge in [-0.15, -0.1) is 11.3 Å². The molecular weight excluding hydrogens is 346 g/mol. The molecule has 1 N–H and O–H groups in total. The van der Waals surface area contributed by atoms with E-state index in [4.69, 9.17) is 0 Å². The Kier molecular flexibility index (Phi) is 4.58. The number of nitrogens with one attached hydrogen (secondary N) is 1. The van der Waals surface area contributed by atoms with Gasteiger partial charge in [0.25, 0.3) is 5.56 Å². The predicted octanol–water partition coefficient (Wildman–Crippen LogP) is 3.55. The Morgan fingerprint density at radius 2 is 1.96 bits per heavy atom. The zero-order valence-electron chi connectivity index (χ0n) is 14.2. The Bertz CT molecular complexity index is 978. The minimum Gasteiger partial charge on any atom is -0.320 e. The summed E-state index contributed by atoms with van der Waals surface area (Å²) in [6.07, 6.45) is 2.61. The molecule has 6 heteroatoms. The average Bonchev–Trinajstić information content (AvgIpc) is 3.13. The van der Waals surface area contributed by atoms with Gasteiger partial charge in [0.2, 0.25) is 0 Å². The van der Waals surface area contributed by atoms with Gasteiger partial charge in [-0.2, -0.15) is 0 Å². The molecule has 0 spiro atoms. The van der Waals surface area contributed by atoms with Gasteiger partial charge in [0.05, 0.1) is 6.54 Å². The van der Waals surface area contributed by atoms with Crippen molar-refractivity contribution < 1.29 is 4.79 Å². The van der Waals surface area contributed by atoms with Crippen LogP contribution < -0.4 is 10.9 Å². The van der Waals surface area contributed by atoms with Crippen LogP contribution in [0.25, 0.3) is 0 Å². The molecule has 0 atom stereocenters. The number of pyridine rings is 1. The number of benzene rings is 1. The smallest absolute Gasteiger partial charge is 0.320 e. The Hall–Kier alpha value is -2.86. The first kappa shape index (κ1) is 16.6. The monoisotopic (exact) mass is 365 g/mol. The van der Waals surface area contributed by atoms with Crippen LogP contribution in [0.2, 0.25) is 0 Å². The van der Waals surface area contributed by atoms with Crippen LogP contribution in [0.5, 0.6) is 0 Å². The van der Waals surface area contributed by atoms with Gasteiger partial charge in [0.15, 0.2) is 0 Å². The van der Waals surface area contributed by atoms with E-state index in [-0.39, 0.29) is 11.6 Å². The molecule has 0 aliphatic carbocycles. The number of anilines is 1. The first-order valence-electron chi connectivity index (χ1n) is 8.55. The molecule has 2 amide bonds. The van der Waals surface area contributed by atoms with E-state index in [0.717, 1.165) is 12.0 Å². The second-order valence-electron chi connectivity index (χ2n) is 6.31. The summed E-state index contributed by atoms with van der Waals surface area (Å²) in [4.78, 5) is 28.4. The summed E-state index contributed by atoms with van der Waals surface area (Å²) in [6.45, 7) is 1.74. The Labute approximate surface area is 155 Å². The fourth-order valence-electron chi connectivity index (χ4n) is 3.15. The Morgan fingerprint density at radius 3 is 2.81 bits per heavy atom. The number of amides is 2. The lowest BCUT2D eigenvalue weighted by atomic mass is 10.1. The molecule has 132 valence electrons. The number of fused-ring (bicyclic) bond motifs is 1. The minimum absolute atomic E-state index is 0.196. The third-order valence-electron chi connectivity index (χ3n) is 4.55. The van der Waals surface area contributed by atoms with E-state index >= 15 is 0 Å². The summed E-state index contributed by atoms with van der Waals surface area (Å²) in [5, 5.41) is 4.85. The van der Waals surface area contributed by atoms with Crippen LogP contribution >= 0.6 is 11.3 Å². The highest BCUT2D eigenvalue weighted by atomic mass is 32.1. The van der Waals surface area contributed by atoms with E-state index in [2.05, 4.69) is 16.8 Å². The van der Waals surface area contributed by atoms with Crippen molar-refractivity contribution in [1.29, 1.82) is 0 Å². The Balaban J connectivity index is 1.49. The largest absolute Gasteiger partial charge is 0.322 e. The van der Waals surface area contributed by atoms with Crippen molar-refractivity contribution >= 4 is 23.1 Å². The van der Waals surface area contributed by atoms with Crippen molar-refractivity contribution in [2.45, 2.75) is 19.5 Å². The van der Waals surface area contributed by atoms with E-state index in [9.17, 15) is 9.59 Å². The van der Waals surface area contributed by atoms with Gasteiger partial charge >= 0.3 is 6.03 Å². The normalized spacial score (nSPS) is 13.3. The van der Waals surface area contributed by atoms with E-state index < -0.39 is 0 Å². The maximum atomic E-state index is 12.7. The van der Waals surface area contributed by atoms with Crippen LogP contribution in [0.1, 0.15) is 16.0 Å². The number of carbonyl (C=O) groups is 1. The van der Waals surface area contributed by atoms with Gasteiger partial charge in [-0.1, -0.05) is 30.3 Å². The molecular formula is C20H19N3O2S. The topological polar surface area (TPSA) is 54.3 Å². The van der Waals surface area contributed by atoms with Gasteiger partial charge in [-0.3, -0.25) is 4.79 Å². The van der Waals surface area contributed by atoms with E-state index in [1.807, 2.05) is 30.3 Å². The van der Waals surface area contributed by atoms with Crippen molar-refractivity contribution in [1.82, 2.24) is 9.47 Å². The summed E-state index contributed by atoms with van der Waals surface area (Å²) in [7, 11) is 0. The van der Waals surface area contributed by atoms with Gasteiger partial charge in [-0.05, 0) is 41.1 Å². The Morgan fingerprint density at radius 1 is 1.12 bits per heavy atom. The molecule has 0 fully saturated rings. The van der Waals surface area contributed by atoms with Gasteiger partial charge < -0.3 is 14.8 Å². The van der Waals surface area contributed by atoms with Gasteiger partial charge in [0.1, 0.15) is 5.69 Å². The highest BCUT2D eigenvalue weighted by Crippen LogP contribution is 2.24. The fourth-order valence-corrected chi connectivity index (χ4v) is 4.04. The number of hydrogen-bond donors (Lipinski definition) is 1. The molecule has 3 aromatic rings. The summed E-state index contributed by atoms with van der Waals surface area (Å²) >= 11 is 1.74. The second-order valence-corrected chi connectivity index (χ2v) is 7.31. The number of rotatable bonds is 3. The number of hydrogen-bond acceptors (Lipinski definition) is 3. The molecule has 0 radical (unpaired) electrons. The van der Waals surface area contributed by atoms with Crippen molar-refractivity contribution in [2.24, 2.45) is 0 Å². The number of nitrogens with zero attached hydrogens (tertiary/aromatic N) is 2. The van der Waals surface area contributed by atoms with E-state index in [0.29, 0.717) is 25.3 Å². The molecule has 5 nitrogen and oxygen atoms in total. The number of carbonyl (C=O) groups excluding carboxylic acids is 1. The summed E-state index contributed by atoms with van der Waals surface area (Å²) in [6, 6.07) is 15.1. The standard InChI is InChI=1S/C20H19N3O2S/c24-19-17(7-4-10-22(19)13-15-5-2-1-3-6-15)21-20(25)23-11-8-18-16(14-23)9-12-26-18/h1-7,9-10,12H,8,11,13-14H2,(H,21,25). The zero-order valence-corrected chi connectivity index (χ0v) is 15.0. The van der Waals surface area contributed by atoms with Crippen LogP contribution in [0.15, 0.2) is 64.9 Å². The van der Waals surface area contributed by atoms with Crippen LogP contribution in [0.4, 0.5) is 10.5 Å². The maximum absolute atomic E-state index is 12.7. The molecule has 4 rings (SSSR count). The lowest BCUT2D eigenvalue weighted by molar-refractivity contribution is 0.207. The maximum Gasteiger partial charge on any atom is 0.322 e. The molecule has 26 heavy (non-hydrogen) atoms. The highest BCUT2D eigenvalue weighted by molar-refractivity contribution is 7.10. The van der Waals surface area contributed by atoms with Crippen molar-refractivity contribution in [3.8, 4) is 0 Å². The second kappa shape index (κ2) is 7.17. The number of aromatic nitrogens is 1. The first-order valence-corrected chi connectivity index (χ1v) is 9.43. The first-order chi connectivity index (χ1) is 12.7. The van der Waals surface area contributed by atoms with Crippen molar-refractivity contribution in [2.75, 3.05) is 11.9 Å². The highest BCUT2D eigenvalue weighted by Gasteiger charge is 2.22. The minimum atomic E-state index is -0.226. The molecule has 0 saturated carbocycles.